The Labute approximate surface area is 83.6 Å². The minimum absolute atomic E-state index is 0.454. The minimum atomic E-state index is 0.454. The molecule has 0 saturated carbocycles. The van der Waals surface area contributed by atoms with E-state index < -0.39 is 0 Å². The fraction of sp³-hybridized carbons (Fsp3) is 0.364. The fourth-order valence-electron chi connectivity index (χ4n) is 1.49. The van der Waals surface area contributed by atoms with Crippen LogP contribution in [0.4, 0.5) is 0 Å². The zero-order chi connectivity index (χ0) is 9.97. The van der Waals surface area contributed by atoms with Crippen molar-refractivity contribution in [3.8, 4) is 0 Å². The number of aromatic amines is 1. The van der Waals surface area contributed by atoms with Gasteiger partial charge in [0.2, 0.25) is 0 Å². The standard InChI is InChI=1S/C11H15N3/c1-8(12-2)7-11-13-9-5-3-4-6-10(9)14-11/h3-6,8,12H,7H2,1-2H3,(H,13,14). The van der Waals surface area contributed by atoms with E-state index >= 15 is 0 Å². The van der Waals surface area contributed by atoms with Crippen LogP contribution in [-0.2, 0) is 6.42 Å². The molecule has 0 amide bonds. The lowest BCUT2D eigenvalue weighted by atomic mass is 10.2. The minimum Gasteiger partial charge on any atom is -0.342 e. The number of hydrogen-bond acceptors (Lipinski definition) is 2. The van der Waals surface area contributed by atoms with Gasteiger partial charge >= 0.3 is 0 Å². The SMILES string of the molecule is CNC(C)Cc1nc2ccccc2[nH]1. The summed E-state index contributed by atoms with van der Waals surface area (Å²) < 4.78 is 0. The third kappa shape index (κ3) is 1.77. The van der Waals surface area contributed by atoms with Crippen LogP contribution in [0.2, 0.25) is 0 Å². The predicted molar refractivity (Wildman–Crippen MR) is 58.3 cm³/mol. The largest absolute Gasteiger partial charge is 0.342 e. The molecule has 1 atom stereocenters. The highest BCUT2D eigenvalue weighted by atomic mass is 14.9. The zero-order valence-electron chi connectivity index (χ0n) is 8.54. The van der Waals surface area contributed by atoms with Crippen LogP contribution < -0.4 is 5.32 Å². The Morgan fingerprint density at radius 1 is 1.43 bits per heavy atom. The number of benzene rings is 1. The second-order valence-corrected chi connectivity index (χ2v) is 3.59. The first-order chi connectivity index (χ1) is 6.79. The van der Waals surface area contributed by atoms with Gasteiger partial charge in [-0.2, -0.15) is 0 Å². The van der Waals surface area contributed by atoms with E-state index in [-0.39, 0.29) is 0 Å². The molecule has 3 heteroatoms. The van der Waals surface area contributed by atoms with E-state index in [9.17, 15) is 0 Å². The maximum Gasteiger partial charge on any atom is 0.108 e. The summed E-state index contributed by atoms with van der Waals surface area (Å²) in [6.45, 7) is 2.15. The smallest absolute Gasteiger partial charge is 0.108 e. The van der Waals surface area contributed by atoms with Gasteiger partial charge in [-0.1, -0.05) is 12.1 Å². The maximum atomic E-state index is 4.51. The fourth-order valence-corrected chi connectivity index (χ4v) is 1.49. The van der Waals surface area contributed by atoms with Gasteiger partial charge in [0, 0.05) is 12.5 Å². The Hall–Kier alpha value is -1.35. The van der Waals surface area contributed by atoms with E-state index in [0.29, 0.717) is 6.04 Å². The first-order valence-corrected chi connectivity index (χ1v) is 4.90. The van der Waals surface area contributed by atoms with Gasteiger partial charge < -0.3 is 10.3 Å². The van der Waals surface area contributed by atoms with Crippen molar-refractivity contribution in [2.24, 2.45) is 0 Å². The third-order valence-electron chi connectivity index (χ3n) is 2.43. The highest BCUT2D eigenvalue weighted by Crippen LogP contribution is 2.11. The molecule has 0 aliphatic rings. The summed E-state index contributed by atoms with van der Waals surface area (Å²) in [5, 5.41) is 3.20. The van der Waals surface area contributed by atoms with Crippen LogP contribution in [0.15, 0.2) is 24.3 Å². The number of imidazole rings is 1. The van der Waals surface area contributed by atoms with E-state index in [1.165, 1.54) is 0 Å². The second-order valence-electron chi connectivity index (χ2n) is 3.59. The van der Waals surface area contributed by atoms with Gasteiger partial charge in [-0.15, -0.1) is 0 Å². The van der Waals surface area contributed by atoms with Crippen molar-refractivity contribution in [3.05, 3.63) is 30.1 Å². The summed E-state index contributed by atoms with van der Waals surface area (Å²) in [7, 11) is 1.97. The van der Waals surface area contributed by atoms with Crippen LogP contribution in [0.25, 0.3) is 11.0 Å². The van der Waals surface area contributed by atoms with Crippen molar-refractivity contribution >= 4 is 11.0 Å². The van der Waals surface area contributed by atoms with Crippen molar-refractivity contribution < 1.29 is 0 Å². The maximum absolute atomic E-state index is 4.51. The molecule has 1 unspecified atom stereocenters. The molecule has 1 aromatic heterocycles. The number of aromatic nitrogens is 2. The van der Waals surface area contributed by atoms with Gasteiger partial charge in [-0.3, -0.25) is 0 Å². The lowest BCUT2D eigenvalue weighted by Crippen LogP contribution is -2.23. The van der Waals surface area contributed by atoms with Gasteiger partial charge in [0.15, 0.2) is 0 Å². The van der Waals surface area contributed by atoms with Crippen molar-refractivity contribution in [1.82, 2.24) is 15.3 Å². The number of fused-ring (bicyclic) bond motifs is 1. The molecule has 2 N–H and O–H groups in total. The van der Waals surface area contributed by atoms with Crippen LogP contribution in [0.1, 0.15) is 12.7 Å². The normalized spacial score (nSPS) is 13.3. The highest BCUT2D eigenvalue weighted by molar-refractivity contribution is 5.74. The average molecular weight is 189 g/mol. The highest BCUT2D eigenvalue weighted by Gasteiger charge is 2.05. The number of H-pyrrole nitrogens is 1. The molecular formula is C11H15N3. The Morgan fingerprint density at radius 3 is 2.93 bits per heavy atom. The monoisotopic (exact) mass is 189 g/mol. The van der Waals surface area contributed by atoms with Crippen LogP contribution in [0.3, 0.4) is 0 Å². The Balaban J connectivity index is 2.27. The lowest BCUT2D eigenvalue weighted by Gasteiger charge is -2.06. The number of likely N-dealkylation sites (N-methyl/N-ethyl adjacent to an activating group) is 1. The Morgan fingerprint density at radius 2 is 2.21 bits per heavy atom. The zero-order valence-corrected chi connectivity index (χ0v) is 8.54. The number of para-hydroxylation sites is 2. The molecule has 1 aromatic carbocycles. The van der Waals surface area contributed by atoms with E-state index in [2.05, 4.69) is 28.3 Å². The topological polar surface area (TPSA) is 40.7 Å². The molecule has 0 spiro atoms. The van der Waals surface area contributed by atoms with E-state index in [1.807, 2.05) is 25.2 Å². The van der Waals surface area contributed by atoms with Gasteiger partial charge in [-0.05, 0) is 26.1 Å². The van der Waals surface area contributed by atoms with Crippen LogP contribution in [0.5, 0.6) is 0 Å². The van der Waals surface area contributed by atoms with Crippen LogP contribution >= 0.6 is 0 Å². The van der Waals surface area contributed by atoms with Crippen molar-refractivity contribution in [2.75, 3.05) is 7.05 Å². The molecule has 14 heavy (non-hydrogen) atoms. The van der Waals surface area contributed by atoms with Gasteiger partial charge in [-0.25, -0.2) is 4.98 Å². The Bertz CT molecular complexity index is 386. The second kappa shape index (κ2) is 3.80. The summed E-state index contributed by atoms with van der Waals surface area (Å²) in [6.07, 6.45) is 0.936. The van der Waals surface area contributed by atoms with Gasteiger partial charge in [0.25, 0.3) is 0 Å². The lowest BCUT2D eigenvalue weighted by molar-refractivity contribution is 0.595. The molecule has 74 valence electrons. The number of hydrogen-bond donors (Lipinski definition) is 2. The molecular weight excluding hydrogens is 174 g/mol. The van der Waals surface area contributed by atoms with Gasteiger partial charge in [0.1, 0.15) is 5.82 Å². The van der Waals surface area contributed by atoms with E-state index in [0.717, 1.165) is 23.3 Å². The summed E-state index contributed by atoms with van der Waals surface area (Å²) in [6, 6.07) is 8.56. The molecule has 2 aromatic rings. The average Bonchev–Trinajstić information content (AvgIpc) is 2.59. The van der Waals surface area contributed by atoms with Gasteiger partial charge in [0.05, 0.1) is 11.0 Å². The number of nitrogens with zero attached hydrogens (tertiary/aromatic N) is 1. The molecule has 0 bridgehead atoms. The van der Waals surface area contributed by atoms with Crippen LogP contribution in [0, 0.1) is 0 Å². The third-order valence-corrected chi connectivity index (χ3v) is 2.43. The van der Waals surface area contributed by atoms with Crippen molar-refractivity contribution in [3.63, 3.8) is 0 Å². The number of rotatable bonds is 3. The molecule has 0 fully saturated rings. The molecule has 0 aliphatic heterocycles. The molecule has 1 heterocycles. The molecule has 0 aliphatic carbocycles. The Kier molecular flexibility index (Phi) is 2.50. The predicted octanol–water partition coefficient (Wildman–Crippen LogP) is 1.71. The molecule has 3 nitrogen and oxygen atoms in total. The first kappa shape index (κ1) is 9.21. The summed E-state index contributed by atoms with van der Waals surface area (Å²) in [5.74, 6) is 1.05. The summed E-state index contributed by atoms with van der Waals surface area (Å²) >= 11 is 0. The van der Waals surface area contributed by atoms with Crippen LogP contribution in [-0.4, -0.2) is 23.1 Å². The summed E-state index contributed by atoms with van der Waals surface area (Å²) in [4.78, 5) is 7.81. The molecule has 0 saturated heterocycles. The van der Waals surface area contributed by atoms with E-state index in [1.54, 1.807) is 0 Å². The van der Waals surface area contributed by atoms with E-state index in [4.69, 9.17) is 0 Å². The quantitative estimate of drug-likeness (QED) is 0.771. The van der Waals surface area contributed by atoms with Crippen molar-refractivity contribution in [1.29, 1.82) is 0 Å². The first-order valence-electron chi connectivity index (χ1n) is 4.90. The molecule has 0 radical (unpaired) electrons. The molecule has 2 rings (SSSR count). The van der Waals surface area contributed by atoms with Crippen molar-refractivity contribution in [2.45, 2.75) is 19.4 Å². The number of nitrogens with one attached hydrogen (secondary N) is 2. The summed E-state index contributed by atoms with van der Waals surface area (Å²) in [5.41, 5.74) is 2.16.